The Balaban J connectivity index is 1.48. The van der Waals surface area contributed by atoms with E-state index in [1.807, 2.05) is 37.3 Å². The van der Waals surface area contributed by atoms with Gasteiger partial charge in [-0.2, -0.15) is 0 Å². The molecule has 0 atom stereocenters. The summed E-state index contributed by atoms with van der Waals surface area (Å²) in [6, 6.07) is 20.1. The molecule has 1 heterocycles. The van der Waals surface area contributed by atoms with Crippen LogP contribution in [0, 0.1) is 0 Å². The molecule has 0 spiro atoms. The van der Waals surface area contributed by atoms with Gasteiger partial charge < -0.3 is 35.2 Å². The van der Waals surface area contributed by atoms with Crippen molar-refractivity contribution < 1.29 is 19.1 Å². The van der Waals surface area contributed by atoms with E-state index in [1.165, 1.54) is 0 Å². The molecule has 1 saturated heterocycles. The molecule has 0 aliphatic carbocycles. The number of rotatable bonds is 9. The van der Waals surface area contributed by atoms with Crippen LogP contribution in [0.5, 0.6) is 11.5 Å². The Morgan fingerprint density at radius 2 is 1.42 bits per heavy atom. The molecular weight excluding hydrogens is 482 g/mol. The number of nitrogens with one attached hydrogen (secondary N) is 3. The van der Waals surface area contributed by atoms with Crippen molar-refractivity contribution >= 4 is 34.7 Å². The lowest BCUT2D eigenvalue weighted by molar-refractivity contribution is 0.0954. The Bertz CT molecular complexity index is 1240. The Morgan fingerprint density at radius 3 is 2.08 bits per heavy atom. The van der Waals surface area contributed by atoms with Crippen LogP contribution in [0.4, 0.5) is 27.5 Å². The molecule has 3 N–H and O–H groups in total. The topological polar surface area (TPSA) is 95.2 Å². The van der Waals surface area contributed by atoms with Gasteiger partial charge in [0.2, 0.25) is 0 Å². The third-order valence-electron chi connectivity index (χ3n) is 6.43. The van der Waals surface area contributed by atoms with Crippen molar-refractivity contribution in [3.8, 4) is 11.5 Å². The molecule has 200 valence electrons. The lowest BCUT2D eigenvalue weighted by Gasteiger charge is -2.38. The number of amides is 3. The first-order valence-corrected chi connectivity index (χ1v) is 12.8. The molecule has 1 aliphatic heterocycles. The number of carbonyl (C=O) groups is 2. The van der Waals surface area contributed by atoms with Gasteiger partial charge in [-0.05, 0) is 61.0 Å². The van der Waals surface area contributed by atoms with Gasteiger partial charge in [-0.3, -0.25) is 4.79 Å². The molecule has 3 aromatic rings. The van der Waals surface area contributed by atoms with Gasteiger partial charge in [-0.15, -0.1) is 0 Å². The van der Waals surface area contributed by atoms with E-state index >= 15 is 0 Å². The quantitative estimate of drug-likeness (QED) is 0.377. The highest BCUT2D eigenvalue weighted by molar-refractivity contribution is 6.04. The normalized spacial score (nSPS) is 13.0. The number of para-hydroxylation sites is 2. The third-order valence-corrected chi connectivity index (χ3v) is 6.43. The van der Waals surface area contributed by atoms with Gasteiger partial charge in [0.15, 0.2) is 0 Å². The first-order chi connectivity index (χ1) is 18.5. The summed E-state index contributed by atoms with van der Waals surface area (Å²) in [6.45, 7) is 5.67. The average Bonchev–Trinajstić information content (AvgIpc) is 2.96. The monoisotopic (exact) mass is 517 g/mol. The van der Waals surface area contributed by atoms with Crippen LogP contribution >= 0.6 is 0 Å². The molecule has 0 saturated carbocycles. The molecule has 0 aromatic heterocycles. The summed E-state index contributed by atoms with van der Waals surface area (Å²) >= 11 is 0. The number of ether oxygens (including phenoxy) is 2. The number of benzene rings is 3. The molecular formula is C29H35N5O4. The number of methoxy groups -OCH3 is 2. The van der Waals surface area contributed by atoms with E-state index in [-0.39, 0.29) is 5.91 Å². The van der Waals surface area contributed by atoms with Crippen LogP contribution in [0.15, 0.2) is 66.7 Å². The van der Waals surface area contributed by atoms with Crippen molar-refractivity contribution in [3.63, 3.8) is 0 Å². The summed E-state index contributed by atoms with van der Waals surface area (Å²) in [6.07, 6.45) is 0.834. The second-order valence-corrected chi connectivity index (χ2v) is 8.94. The van der Waals surface area contributed by atoms with E-state index in [1.54, 1.807) is 44.6 Å². The van der Waals surface area contributed by atoms with Gasteiger partial charge in [-0.25, -0.2) is 4.79 Å². The van der Waals surface area contributed by atoms with Crippen molar-refractivity contribution in [2.75, 3.05) is 67.4 Å². The van der Waals surface area contributed by atoms with E-state index < -0.39 is 6.03 Å². The Labute approximate surface area is 223 Å². The molecule has 0 unspecified atom stereocenters. The maximum Gasteiger partial charge on any atom is 0.323 e. The molecule has 9 nitrogen and oxygen atoms in total. The second kappa shape index (κ2) is 12.7. The highest BCUT2D eigenvalue weighted by Gasteiger charge is 2.23. The Hall–Kier alpha value is -4.40. The average molecular weight is 518 g/mol. The molecule has 38 heavy (non-hydrogen) atoms. The van der Waals surface area contributed by atoms with Crippen molar-refractivity contribution in [1.82, 2.24) is 5.32 Å². The zero-order valence-corrected chi connectivity index (χ0v) is 22.1. The number of anilines is 4. The summed E-state index contributed by atoms with van der Waals surface area (Å²) < 4.78 is 10.7. The molecule has 1 fully saturated rings. The maximum absolute atomic E-state index is 13.1. The number of carbonyl (C=O) groups excluding carboxylic acids is 2. The maximum atomic E-state index is 13.1. The van der Waals surface area contributed by atoms with Crippen LogP contribution in [-0.4, -0.2) is 58.9 Å². The van der Waals surface area contributed by atoms with Gasteiger partial charge >= 0.3 is 6.03 Å². The SMILES string of the molecule is CCCNC(=O)c1cc(NC(=O)Nc2ccc(OC)cc2)ccc1N1CCN(c2ccccc2OC)CC1. The van der Waals surface area contributed by atoms with Crippen molar-refractivity contribution in [2.24, 2.45) is 0 Å². The van der Waals surface area contributed by atoms with E-state index in [9.17, 15) is 9.59 Å². The minimum absolute atomic E-state index is 0.159. The minimum atomic E-state index is -0.395. The largest absolute Gasteiger partial charge is 0.497 e. The number of piperazine rings is 1. The third kappa shape index (κ3) is 6.47. The summed E-state index contributed by atoms with van der Waals surface area (Å²) in [4.78, 5) is 30.3. The van der Waals surface area contributed by atoms with Crippen LogP contribution in [0.1, 0.15) is 23.7 Å². The van der Waals surface area contributed by atoms with E-state index in [0.717, 1.165) is 49.7 Å². The summed E-state index contributed by atoms with van der Waals surface area (Å²) in [5, 5.41) is 8.62. The van der Waals surface area contributed by atoms with Crippen molar-refractivity contribution in [2.45, 2.75) is 13.3 Å². The van der Waals surface area contributed by atoms with Crippen LogP contribution in [0.25, 0.3) is 0 Å². The summed E-state index contributed by atoms with van der Waals surface area (Å²) in [5.41, 5.74) is 3.62. The molecule has 3 amide bonds. The molecule has 9 heteroatoms. The fourth-order valence-electron chi connectivity index (χ4n) is 4.45. The lowest BCUT2D eigenvalue weighted by atomic mass is 10.1. The highest BCUT2D eigenvalue weighted by atomic mass is 16.5. The first-order valence-electron chi connectivity index (χ1n) is 12.8. The van der Waals surface area contributed by atoms with Crippen LogP contribution in [-0.2, 0) is 0 Å². The highest BCUT2D eigenvalue weighted by Crippen LogP contribution is 2.31. The molecule has 0 radical (unpaired) electrons. The predicted octanol–water partition coefficient (Wildman–Crippen LogP) is 4.81. The van der Waals surface area contributed by atoms with Crippen LogP contribution in [0.3, 0.4) is 0 Å². The Morgan fingerprint density at radius 1 is 0.789 bits per heavy atom. The predicted molar refractivity (Wildman–Crippen MR) is 152 cm³/mol. The lowest BCUT2D eigenvalue weighted by Crippen LogP contribution is -2.47. The van der Waals surface area contributed by atoms with Gasteiger partial charge in [0.1, 0.15) is 11.5 Å². The molecule has 4 rings (SSSR count). The molecule has 0 bridgehead atoms. The summed E-state index contributed by atoms with van der Waals surface area (Å²) in [5.74, 6) is 1.40. The van der Waals surface area contributed by atoms with Crippen LogP contribution < -0.4 is 35.2 Å². The van der Waals surface area contributed by atoms with E-state index in [4.69, 9.17) is 9.47 Å². The second-order valence-electron chi connectivity index (χ2n) is 8.94. The standard InChI is InChI=1S/C29H35N5O4/c1-4-15-30-28(35)24-20-22(32-29(36)31-21-9-12-23(37-2)13-10-21)11-14-25(24)33-16-18-34(19-17-33)26-7-5-6-8-27(26)38-3/h5-14,20H,4,15-19H2,1-3H3,(H,30,35)(H2,31,32,36). The van der Waals surface area contributed by atoms with Crippen molar-refractivity contribution in [1.29, 1.82) is 0 Å². The fraction of sp³-hybridized carbons (Fsp3) is 0.310. The van der Waals surface area contributed by atoms with Gasteiger partial charge in [0, 0.05) is 49.8 Å². The smallest absolute Gasteiger partial charge is 0.323 e. The molecule has 3 aromatic carbocycles. The number of nitrogens with zero attached hydrogens (tertiary/aromatic N) is 2. The van der Waals surface area contributed by atoms with Crippen LogP contribution in [0.2, 0.25) is 0 Å². The minimum Gasteiger partial charge on any atom is -0.497 e. The zero-order chi connectivity index (χ0) is 26.9. The fourth-order valence-corrected chi connectivity index (χ4v) is 4.45. The van der Waals surface area contributed by atoms with Gasteiger partial charge in [0.05, 0.1) is 25.5 Å². The summed E-state index contributed by atoms with van der Waals surface area (Å²) in [7, 11) is 3.27. The van der Waals surface area contributed by atoms with E-state index in [0.29, 0.717) is 29.2 Å². The van der Waals surface area contributed by atoms with Gasteiger partial charge in [-0.1, -0.05) is 19.1 Å². The zero-order valence-electron chi connectivity index (χ0n) is 22.1. The van der Waals surface area contributed by atoms with Gasteiger partial charge in [0.25, 0.3) is 5.91 Å². The Kier molecular flexibility index (Phi) is 8.92. The molecule has 1 aliphatic rings. The number of urea groups is 1. The first kappa shape index (κ1) is 26.7. The van der Waals surface area contributed by atoms with E-state index in [2.05, 4.69) is 31.8 Å². The number of hydrogen-bond acceptors (Lipinski definition) is 6. The number of hydrogen-bond donors (Lipinski definition) is 3. The van der Waals surface area contributed by atoms with Crippen molar-refractivity contribution in [3.05, 3.63) is 72.3 Å².